The average Bonchev–Trinajstić information content (AvgIpc) is 3.09. The average molecular weight is 455 g/mol. The third kappa shape index (κ3) is 3.13. The summed E-state index contributed by atoms with van der Waals surface area (Å²) < 4.78 is 2.37. The summed E-state index contributed by atoms with van der Waals surface area (Å²) in [6, 6.07) is 21.2. The lowest BCUT2D eigenvalue weighted by Gasteiger charge is -2.39. The molecule has 0 saturated carbocycles. The van der Waals surface area contributed by atoms with Gasteiger partial charge in [-0.1, -0.05) is 55.8 Å². The molecule has 3 aromatic carbocycles. The molecule has 0 bridgehead atoms. The van der Waals surface area contributed by atoms with Crippen LogP contribution >= 0.6 is 11.6 Å². The van der Waals surface area contributed by atoms with Crippen molar-refractivity contribution in [3.05, 3.63) is 88.1 Å². The van der Waals surface area contributed by atoms with Crippen molar-refractivity contribution in [1.29, 1.82) is 0 Å². The largest absolute Gasteiger partial charge is 0.358 e. The second kappa shape index (κ2) is 7.23. The third-order valence-electron chi connectivity index (χ3n) is 7.27. The summed E-state index contributed by atoms with van der Waals surface area (Å²) in [7, 11) is 0. The molecular formula is C29H27ClN2O. The number of rotatable bonds is 2. The highest BCUT2D eigenvalue weighted by atomic mass is 35.5. The van der Waals surface area contributed by atoms with Gasteiger partial charge in [0, 0.05) is 62.7 Å². The Labute approximate surface area is 199 Å². The smallest absolute Gasteiger partial charge is 0.162 e. The topological polar surface area (TPSA) is 34.0 Å². The van der Waals surface area contributed by atoms with E-state index in [4.69, 9.17) is 11.6 Å². The standard InChI is InChI=1S/C29H27ClN2O/c1-4-32-24-8-6-5-7-19(24)20-13-22-21(14-25(20)32)27(17-9-11-18(30)12-10-17)28-23(31-22)15-29(2,3)16-26(28)33/h5-14,27,31H,4,15-16H2,1-3H3. The summed E-state index contributed by atoms with van der Waals surface area (Å²) in [5.41, 5.74) is 7.78. The van der Waals surface area contributed by atoms with Gasteiger partial charge in [0.2, 0.25) is 0 Å². The first kappa shape index (κ1) is 20.6. The highest BCUT2D eigenvalue weighted by Crippen LogP contribution is 2.50. The van der Waals surface area contributed by atoms with Gasteiger partial charge in [0.05, 0.1) is 0 Å². The molecule has 0 amide bonds. The Kier molecular flexibility index (Phi) is 4.50. The summed E-state index contributed by atoms with van der Waals surface area (Å²) in [6.45, 7) is 7.44. The number of carbonyl (C=O) groups excluding carboxylic acids is 1. The highest BCUT2D eigenvalue weighted by molar-refractivity contribution is 6.30. The van der Waals surface area contributed by atoms with E-state index in [1.54, 1.807) is 0 Å². The maximum Gasteiger partial charge on any atom is 0.162 e. The molecule has 2 heterocycles. The van der Waals surface area contributed by atoms with Crippen LogP contribution in [0.5, 0.6) is 0 Å². The number of hydrogen-bond acceptors (Lipinski definition) is 2. The molecule has 6 rings (SSSR count). The molecule has 0 saturated heterocycles. The van der Waals surface area contributed by atoms with E-state index in [9.17, 15) is 4.79 Å². The normalized spacial score (nSPS) is 19.5. The maximum atomic E-state index is 13.5. The second-order valence-electron chi connectivity index (χ2n) is 10.2. The van der Waals surface area contributed by atoms with Gasteiger partial charge in [0.25, 0.3) is 0 Å². The summed E-state index contributed by atoms with van der Waals surface area (Å²) in [6.07, 6.45) is 1.44. The van der Waals surface area contributed by atoms with Gasteiger partial charge in [0.15, 0.2) is 5.78 Å². The van der Waals surface area contributed by atoms with E-state index in [0.717, 1.165) is 41.1 Å². The first-order valence-electron chi connectivity index (χ1n) is 11.7. The molecule has 166 valence electrons. The number of benzene rings is 3. The molecule has 4 aromatic rings. The SMILES string of the molecule is CCn1c2ccccc2c2cc3c(cc21)C(c1ccc(Cl)cc1)C1=C(CC(C)(C)CC1=O)N3. The summed E-state index contributed by atoms with van der Waals surface area (Å²) in [5.74, 6) is 0.153. The van der Waals surface area contributed by atoms with Crippen LogP contribution < -0.4 is 5.32 Å². The summed E-state index contributed by atoms with van der Waals surface area (Å²) in [4.78, 5) is 13.5. The third-order valence-corrected chi connectivity index (χ3v) is 7.52. The Morgan fingerprint density at radius 3 is 2.52 bits per heavy atom. The number of anilines is 1. The van der Waals surface area contributed by atoms with Crippen LogP contribution in [0, 0.1) is 5.41 Å². The number of aromatic nitrogens is 1. The van der Waals surface area contributed by atoms with Gasteiger partial charge in [0.1, 0.15) is 0 Å². The van der Waals surface area contributed by atoms with E-state index in [-0.39, 0.29) is 17.1 Å². The molecule has 33 heavy (non-hydrogen) atoms. The Balaban J connectivity index is 1.66. The van der Waals surface area contributed by atoms with Gasteiger partial charge in [-0.25, -0.2) is 0 Å². The van der Waals surface area contributed by atoms with Crippen LogP contribution in [0.3, 0.4) is 0 Å². The van der Waals surface area contributed by atoms with Crippen molar-refractivity contribution in [3.8, 4) is 0 Å². The summed E-state index contributed by atoms with van der Waals surface area (Å²) >= 11 is 6.22. The van der Waals surface area contributed by atoms with Crippen LogP contribution in [0.1, 0.15) is 50.7 Å². The van der Waals surface area contributed by atoms with Crippen molar-refractivity contribution in [2.75, 3.05) is 5.32 Å². The van der Waals surface area contributed by atoms with Gasteiger partial charge in [-0.05, 0) is 60.2 Å². The van der Waals surface area contributed by atoms with Gasteiger partial charge >= 0.3 is 0 Å². The monoisotopic (exact) mass is 454 g/mol. The van der Waals surface area contributed by atoms with Crippen molar-refractivity contribution < 1.29 is 4.79 Å². The minimum absolute atomic E-state index is 0.0483. The van der Waals surface area contributed by atoms with Crippen molar-refractivity contribution in [1.82, 2.24) is 4.57 Å². The van der Waals surface area contributed by atoms with Crippen molar-refractivity contribution in [3.63, 3.8) is 0 Å². The van der Waals surface area contributed by atoms with Crippen LogP contribution in [0.25, 0.3) is 21.8 Å². The number of nitrogens with zero attached hydrogens (tertiary/aromatic N) is 1. The van der Waals surface area contributed by atoms with Crippen molar-refractivity contribution in [2.45, 2.75) is 46.1 Å². The van der Waals surface area contributed by atoms with E-state index in [0.29, 0.717) is 11.4 Å². The molecule has 0 fully saturated rings. The fourth-order valence-electron chi connectivity index (χ4n) is 5.90. The van der Waals surface area contributed by atoms with Crippen LogP contribution in [-0.2, 0) is 11.3 Å². The number of ketones is 1. The molecule has 0 spiro atoms. The molecule has 2 aliphatic rings. The number of carbonyl (C=O) groups is 1. The quantitative estimate of drug-likeness (QED) is 0.337. The van der Waals surface area contributed by atoms with Crippen LogP contribution in [0.4, 0.5) is 5.69 Å². The van der Waals surface area contributed by atoms with Gasteiger partial charge < -0.3 is 9.88 Å². The van der Waals surface area contributed by atoms with E-state index in [1.807, 2.05) is 12.1 Å². The van der Waals surface area contributed by atoms with Gasteiger partial charge in [-0.3, -0.25) is 4.79 Å². The number of allylic oxidation sites excluding steroid dienone is 2. The first-order valence-corrected chi connectivity index (χ1v) is 12.1. The number of nitrogens with one attached hydrogen (secondary N) is 1. The minimum atomic E-state index is -0.0927. The predicted molar refractivity (Wildman–Crippen MR) is 137 cm³/mol. The number of hydrogen-bond donors (Lipinski definition) is 1. The summed E-state index contributed by atoms with van der Waals surface area (Å²) in [5, 5.41) is 6.93. The van der Waals surface area contributed by atoms with Crippen LogP contribution in [0.15, 0.2) is 71.9 Å². The van der Waals surface area contributed by atoms with Crippen LogP contribution in [0.2, 0.25) is 5.02 Å². The Morgan fingerprint density at radius 2 is 1.76 bits per heavy atom. The number of fused-ring (bicyclic) bond motifs is 4. The highest BCUT2D eigenvalue weighted by Gasteiger charge is 2.40. The number of para-hydroxylation sites is 1. The molecular weight excluding hydrogens is 428 g/mol. The zero-order valence-corrected chi connectivity index (χ0v) is 20.0. The first-order chi connectivity index (χ1) is 15.9. The van der Waals surface area contributed by atoms with Crippen LogP contribution in [-0.4, -0.2) is 10.4 Å². The van der Waals surface area contributed by atoms with Crippen molar-refractivity contribution >= 4 is 44.9 Å². The maximum absolute atomic E-state index is 13.5. The second-order valence-corrected chi connectivity index (χ2v) is 10.6. The zero-order valence-electron chi connectivity index (χ0n) is 19.2. The van der Waals surface area contributed by atoms with Gasteiger partial charge in [-0.2, -0.15) is 0 Å². The molecule has 1 atom stereocenters. The number of Topliss-reactive ketones (excluding diaryl/α,β-unsaturated/α-hetero) is 1. The predicted octanol–water partition coefficient (Wildman–Crippen LogP) is 7.67. The van der Waals surface area contributed by atoms with Gasteiger partial charge in [-0.15, -0.1) is 0 Å². The number of aryl methyl sites for hydroxylation is 1. The molecule has 1 aliphatic carbocycles. The van der Waals surface area contributed by atoms with E-state index in [1.165, 1.54) is 21.8 Å². The molecule has 3 nitrogen and oxygen atoms in total. The van der Waals surface area contributed by atoms with E-state index < -0.39 is 0 Å². The lowest BCUT2D eigenvalue weighted by atomic mass is 9.68. The molecule has 1 N–H and O–H groups in total. The minimum Gasteiger partial charge on any atom is -0.358 e. The van der Waals surface area contributed by atoms with E-state index in [2.05, 4.69) is 79.2 Å². The fourth-order valence-corrected chi connectivity index (χ4v) is 6.02. The lowest BCUT2D eigenvalue weighted by Crippen LogP contribution is -2.33. The molecule has 1 aromatic heterocycles. The Bertz CT molecular complexity index is 1470. The van der Waals surface area contributed by atoms with E-state index >= 15 is 0 Å². The molecule has 0 radical (unpaired) electrons. The number of halogens is 1. The lowest BCUT2D eigenvalue weighted by molar-refractivity contribution is -0.118. The molecule has 1 aliphatic heterocycles. The Hall–Kier alpha value is -3.04. The molecule has 1 unspecified atom stereocenters. The Morgan fingerprint density at radius 1 is 1.00 bits per heavy atom. The van der Waals surface area contributed by atoms with Crippen molar-refractivity contribution in [2.24, 2.45) is 5.41 Å². The zero-order chi connectivity index (χ0) is 22.9. The molecule has 4 heteroatoms. The fraction of sp³-hybridized carbons (Fsp3) is 0.276.